The highest BCUT2D eigenvalue weighted by molar-refractivity contribution is 5.65. The van der Waals surface area contributed by atoms with Crippen molar-refractivity contribution in [1.82, 2.24) is 0 Å². The van der Waals surface area contributed by atoms with Crippen molar-refractivity contribution in [2.24, 2.45) is 0 Å². The molecule has 0 saturated carbocycles. The van der Waals surface area contributed by atoms with Crippen LogP contribution >= 0.6 is 0 Å². The van der Waals surface area contributed by atoms with Gasteiger partial charge in [-0.25, -0.2) is 0 Å². The first kappa shape index (κ1) is 16.0. The van der Waals surface area contributed by atoms with E-state index in [1.807, 2.05) is 66.7 Å². The molecule has 0 fully saturated rings. The molecule has 0 saturated heterocycles. The fourth-order valence-electron chi connectivity index (χ4n) is 2.85. The van der Waals surface area contributed by atoms with Crippen molar-refractivity contribution in [3.05, 3.63) is 103 Å². The summed E-state index contributed by atoms with van der Waals surface area (Å²) in [5, 5.41) is 9.38. The highest BCUT2D eigenvalue weighted by Crippen LogP contribution is 2.28. The molecule has 0 bridgehead atoms. The maximum Gasteiger partial charge on any atom is 0.127 e. The summed E-state index contributed by atoms with van der Waals surface area (Å²) in [6.45, 7) is 0. The molecule has 4 aromatic rings. The second-order valence-electron chi connectivity index (χ2n) is 6.06. The maximum absolute atomic E-state index is 9.38. The predicted octanol–water partition coefficient (Wildman–Crippen LogP) is 6.52. The predicted molar refractivity (Wildman–Crippen MR) is 105 cm³/mol. The number of ether oxygens (including phenoxy) is 1. The van der Waals surface area contributed by atoms with E-state index in [-0.39, 0.29) is 5.75 Å². The Balaban J connectivity index is 1.48. The third-order valence-corrected chi connectivity index (χ3v) is 4.25. The van der Waals surface area contributed by atoms with Gasteiger partial charge in [0.05, 0.1) is 0 Å². The normalized spacial score (nSPS) is 10.5. The highest BCUT2D eigenvalue weighted by atomic mass is 16.5. The van der Waals surface area contributed by atoms with Crippen LogP contribution in [0.3, 0.4) is 0 Å². The van der Waals surface area contributed by atoms with Crippen molar-refractivity contribution in [2.45, 2.75) is 0 Å². The Labute approximate surface area is 153 Å². The average molecular weight is 338 g/mol. The Hall–Kier alpha value is -3.52. The minimum Gasteiger partial charge on any atom is -0.508 e. The Kier molecular flexibility index (Phi) is 4.40. The summed E-state index contributed by atoms with van der Waals surface area (Å²) in [4.78, 5) is 0. The topological polar surface area (TPSA) is 29.5 Å². The molecule has 1 N–H and O–H groups in total. The number of hydrogen-bond donors (Lipinski definition) is 1. The number of hydrogen-bond acceptors (Lipinski definition) is 2. The molecule has 0 spiro atoms. The second kappa shape index (κ2) is 7.16. The average Bonchev–Trinajstić information content (AvgIpc) is 2.71. The van der Waals surface area contributed by atoms with E-state index in [2.05, 4.69) is 24.3 Å². The summed E-state index contributed by atoms with van der Waals surface area (Å²) in [6.07, 6.45) is 0. The van der Waals surface area contributed by atoms with Crippen LogP contribution < -0.4 is 4.74 Å². The van der Waals surface area contributed by atoms with Crippen LogP contribution in [0.15, 0.2) is 103 Å². The Morgan fingerprint density at radius 2 is 0.808 bits per heavy atom. The van der Waals surface area contributed by atoms with Crippen LogP contribution in [0, 0.1) is 0 Å². The van der Waals surface area contributed by atoms with E-state index >= 15 is 0 Å². The van der Waals surface area contributed by atoms with Crippen molar-refractivity contribution >= 4 is 0 Å². The van der Waals surface area contributed by atoms with Gasteiger partial charge in [0.1, 0.15) is 17.2 Å². The van der Waals surface area contributed by atoms with Gasteiger partial charge < -0.3 is 9.84 Å². The van der Waals surface area contributed by atoms with Crippen LogP contribution in [-0.4, -0.2) is 5.11 Å². The molecule has 0 aromatic heterocycles. The monoisotopic (exact) mass is 338 g/mol. The van der Waals surface area contributed by atoms with Gasteiger partial charge in [0, 0.05) is 0 Å². The standard InChI is InChI=1S/C24H18O2/c25-22-12-6-19(7-13-22)21-10-16-24(17-11-21)26-23-14-8-20(9-15-23)18-4-2-1-3-5-18/h1-17,25H. The van der Waals surface area contributed by atoms with Crippen molar-refractivity contribution in [3.8, 4) is 39.5 Å². The zero-order valence-corrected chi connectivity index (χ0v) is 14.2. The molecule has 0 heterocycles. The lowest BCUT2D eigenvalue weighted by Crippen LogP contribution is -1.85. The molecule has 0 radical (unpaired) electrons. The third-order valence-electron chi connectivity index (χ3n) is 4.25. The van der Waals surface area contributed by atoms with Crippen molar-refractivity contribution in [1.29, 1.82) is 0 Å². The quantitative estimate of drug-likeness (QED) is 0.459. The van der Waals surface area contributed by atoms with Gasteiger partial charge >= 0.3 is 0 Å². The smallest absolute Gasteiger partial charge is 0.127 e. The van der Waals surface area contributed by atoms with Crippen LogP contribution in [0.4, 0.5) is 0 Å². The molecule has 0 aliphatic rings. The molecular formula is C24H18O2. The van der Waals surface area contributed by atoms with Gasteiger partial charge in [-0.05, 0) is 58.7 Å². The minimum absolute atomic E-state index is 0.271. The first-order chi connectivity index (χ1) is 12.8. The molecule has 2 nitrogen and oxygen atoms in total. The first-order valence-electron chi connectivity index (χ1n) is 8.51. The molecule has 0 atom stereocenters. The van der Waals surface area contributed by atoms with Gasteiger partial charge in [-0.2, -0.15) is 0 Å². The fourth-order valence-corrected chi connectivity index (χ4v) is 2.85. The van der Waals surface area contributed by atoms with Crippen molar-refractivity contribution in [2.75, 3.05) is 0 Å². The summed E-state index contributed by atoms with van der Waals surface area (Å²) in [5.41, 5.74) is 4.50. The SMILES string of the molecule is Oc1ccc(-c2ccc(Oc3ccc(-c4ccccc4)cc3)cc2)cc1. The van der Waals surface area contributed by atoms with Crippen LogP contribution in [0.25, 0.3) is 22.3 Å². The summed E-state index contributed by atoms with van der Waals surface area (Å²) in [6, 6.07) is 33.5. The van der Waals surface area contributed by atoms with Gasteiger partial charge in [-0.1, -0.05) is 66.7 Å². The molecule has 2 heteroatoms. The third kappa shape index (κ3) is 3.60. The van der Waals surface area contributed by atoms with Crippen molar-refractivity contribution < 1.29 is 9.84 Å². The van der Waals surface area contributed by atoms with E-state index in [9.17, 15) is 5.11 Å². The first-order valence-corrected chi connectivity index (χ1v) is 8.51. The van der Waals surface area contributed by atoms with E-state index in [4.69, 9.17) is 4.74 Å². The van der Waals surface area contributed by atoms with E-state index in [1.54, 1.807) is 12.1 Å². The molecule has 4 aromatic carbocycles. The summed E-state index contributed by atoms with van der Waals surface area (Å²) >= 11 is 0. The number of phenolic OH excluding ortho intramolecular Hbond substituents is 1. The summed E-state index contributed by atoms with van der Waals surface area (Å²) < 4.78 is 5.94. The second-order valence-corrected chi connectivity index (χ2v) is 6.06. The van der Waals surface area contributed by atoms with Gasteiger partial charge in [0.15, 0.2) is 0 Å². The Bertz CT molecular complexity index is 971. The van der Waals surface area contributed by atoms with Gasteiger partial charge in [-0.15, -0.1) is 0 Å². The molecule has 0 unspecified atom stereocenters. The maximum atomic E-state index is 9.38. The molecule has 126 valence electrons. The minimum atomic E-state index is 0.271. The van der Waals surface area contributed by atoms with Gasteiger partial charge in [-0.3, -0.25) is 0 Å². The zero-order valence-electron chi connectivity index (χ0n) is 14.2. The lowest BCUT2D eigenvalue weighted by atomic mass is 10.1. The van der Waals surface area contributed by atoms with E-state index < -0.39 is 0 Å². The zero-order chi connectivity index (χ0) is 17.8. The van der Waals surface area contributed by atoms with E-state index in [1.165, 1.54) is 11.1 Å². The lowest BCUT2D eigenvalue weighted by molar-refractivity contribution is 0.475. The molecule has 26 heavy (non-hydrogen) atoms. The Morgan fingerprint density at radius 3 is 1.27 bits per heavy atom. The summed E-state index contributed by atoms with van der Waals surface area (Å²) in [5.74, 6) is 1.87. The summed E-state index contributed by atoms with van der Waals surface area (Å²) in [7, 11) is 0. The molecule has 4 rings (SSSR count). The van der Waals surface area contributed by atoms with Crippen molar-refractivity contribution in [3.63, 3.8) is 0 Å². The van der Waals surface area contributed by atoms with Gasteiger partial charge in [0.2, 0.25) is 0 Å². The molecule has 0 aliphatic carbocycles. The van der Waals surface area contributed by atoms with Crippen LogP contribution in [0.5, 0.6) is 17.2 Å². The molecular weight excluding hydrogens is 320 g/mol. The highest BCUT2D eigenvalue weighted by Gasteiger charge is 2.02. The van der Waals surface area contributed by atoms with Crippen LogP contribution in [0.1, 0.15) is 0 Å². The molecule has 0 amide bonds. The Morgan fingerprint density at radius 1 is 0.423 bits per heavy atom. The van der Waals surface area contributed by atoms with Gasteiger partial charge in [0.25, 0.3) is 0 Å². The lowest BCUT2D eigenvalue weighted by Gasteiger charge is -2.08. The number of benzene rings is 4. The number of aromatic hydroxyl groups is 1. The largest absolute Gasteiger partial charge is 0.508 e. The van der Waals surface area contributed by atoms with Crippen LogP contribution in [0.2, 0.25) is 0 Å². The fraction of sp³-hybridized carbons (Fsp3) is 0. The van der Waals surface area contributed by atoms with Crippen LogP contribution in [-0.2, 0) is 0 Å². The number of phenols is 1. The number of rotatable bonds is 4. The molecule has 0 aliphatic heterocycles. The van der Waals surface area contributed by atoms with E-state index in [0.717, 1.165) is 22.6 Å². The van der Waals surface area contributed by atoms with E-state index in [0.29, 0.717) is 0 Å².